The first-order valence-corrected chi connectivity index (χ1v) is 30.6. The zero-order valence-electron chi connectivity index (χ0n) is 51.6. The summed E-state index contributed by atoms with van der Waals surface area (Å²) in [4.78, 5) is 5.14. The van der Waals surface area contributed by atoms with E-state index in [-0.39, 0.29) is 33.9 Å². The average Bonchev–Trinajstić information content (AvgIpc) is 1.58. The molecule has 0 fully saturated rings. The summed E-state index contributed by atoms with van der Waals surface area (Å²) in [6, 6.07) is 69.6. The molecule has 418 valence electrons. The van der Waals surface area contributed by atoms with Gasteiger partial charge in [0.05, 0.1) is 16.4 Å². The fraction of sp³-hybridized carbons (Fsp3) is 0.241. The Morgan fingerprint density at radius 1 is 0.424 bits per heavy atom. The molecule has 6 heteroatoms. The number of anilines is 5. The van der Waals surface area contributed by atoms with Crippen LogP contribution in [0.5, 0.6) is 0 Å². The minimum absolute atomic E-state index is 0.0292. The van der Waals surface area contributed by atoms with Gasteiger partial charge in [0.1, 0.15) is 22.3 Å². The SMILES string of the molecule is CC(C)(C)c1ccc(N2B3c4cc5oc6ccccc6c5cc4-n4c5ccc(C(C)(C)C)cc5c5c6oc7ccccc7c6c(c3c54)-c3cc4c(cc32)-c2ccc(N(c3ccc(C(C)(C)C)cc3)c3ccc(C(C)(C)C)cc3)cc2C4(C)C)cc1. The third-order valence-electron chi connectivity index (χ3n) is 19.6. The predicted octanol–water partition coefficient (Wildman–Crippen LogP) is 20.8. The zero-order valence-corrected chi connectivity index (χ0v) is 51.6. The van der Waals surface area contributed by atoms with E-state index >= 15 is 0 Å². The molecule has 85 heavy (non-hydrogen) atoms. The van der Waals surface area contributed by atoms with E-state index in [2.05, 4.69) is 293 Å². The highest BCUT2D eigenvalue weighted by Crippen LogP contribution is 2.58. The van der Waals surface area contributed by atoms with Gasteiger partial charge in [0.2, 0.25) is 0 Å². The van der Waals surface area contributed by atoms with Crippen LogP contribution in [-0.4, -0.2) is 11.4 Å². The Morgan fingerprint density at radius 3 is 1.60 bits per heavy atom. The molecule has 5 heterocycles. The van der Waals surface area contributed by atoms with Crippen molar-refractivity contribution < 1.29 is 8.83 Å². The van der Waals surface area contributed by atoms with E-state index in [1.807, 2.05) is 0 Å². The van der Waals surface area contributed by atoms with Gasteiger partial charge in [0.15, 0.2) is 0 Å². The van der Waals surface area contributed by atoms with Gasteiger partial charge in [0.25, 0.3) is 0 Å². The summed E-state index contributed by atoms with van der Waals surface area (Å²) in [5.74, 6) is 0. The molecule has 3 aromatic heterocycles. The first-order chi connectivity index (χ1) is 40.4. The van der Waals surface area contributed by atoms with Crippen LogP contribution in [-0.2, 0) is 27.1 Å². The molecule has 10 aromatic carbocycles. The summed E-state index contributed by atoms with van der Waals surface area (Å²) in [6.07, 6.45) is 0. The van der Waals surface area contributed by atoms with Gasteiger partial charge in [-0.3, -0.25) is 0 Å². The summed E-state index contributed by atoms with van der Waals surface area (Å²) in [6.45, 7) is 32.3. The first kappa shape index (κ1) is 51.9. The lowest BCUT2D eigenvalue weighted by Crippen LogP contribution is -2.60. The number of hydrogen-bond acceptors (Lipinski definition) is 4. The van der Waals surface area contributed by atoms with E-state index in [9.17, 15) is 0 Å². The van der Waals surface area contributed by atoms with Crippen LogP contribution in [0.4, 0.5) is 28.4 Å². The molecule has 5 nitrogen and oxygen atoms in total. The van der Waals surface area contributed by atoms with Crippen LogP contribution in [0.25, 0.3) is 93.6 Å². The van der Waals surface area contributed by atoms with Crippen LogP contribution in [0.15, 0.2) is 191 Å². The molecule has 16 rings (SSSR count). The second-order valence-electron chi connectivity index (χ2n) is 29.4. The lowest BCUT2D eigenvalue weighted by molar-refractivity contribution is 0.590. The Bertz CT molecular complexity index is 4940. The Hall–Kier alpha value is -8.74. The third-order valence-corrected chi connectivity index (χ3v) is 19.6. The van der Waals surface area contributed by atoms with Gasteiger partial charge >= 0.3 is 6.85 Å². The van der Waals surface area contributed by atoms with Crippen molar-refractivity contribution in [2.24, 2.45) is 0 Å². The number of benzene rings is 10. The Morgan fingerprint density at radius 2 is 0.976 bits per heavy atom. The smallest absolute Gasteiger partial charge is 0.333 e. The van der Waals surface area contributed by atoms with E-state index < -0.39 is 0 Å². The molecule has 3 aliphatic rings. The summed E-state index contributed by atoms with van der Waals surface area (Å²) in [5.41, 5.74) is 27.8. The molecule has 0 N–H and O–H groups in total. The van der Waals surface area contributed by atoms with Crippen LogP contribution in [0, 0.1) is 0 Å². The van der Waals surface area contributed by atoms with Gasteiger partial charge in [-0.05, 0) is 180 Å². The minimum atomic E-state index is -0.375. The van der Waals surface area contributed by atoms with Gasteiger partial charge in [-0.25, -0.2) is 0 Å². The topological polar surface area (TPSA) is 37.7 Å². The van der Waals surface area contributed by atoms with E-state index in [0.717, 1.165) is 72.3 Å². The number of para-hydroxylation sites is 2. The van der Waals surface area contributed by atoms with Gasteiger partial charge in [-0.1, -0.05) is 182 Å². The van der Waals surface area contributed by atoms with E-state index in [4.69, 9.17) is 8.83 Å². The maximum atomic E-state index is 7.41. The standard InChI is InChI=1S/C79H72BN3O2/c1-75(2,3)45-23-30-49(31-24-45)81(50-32-25-46(26-33-50)76(4,5)6)52-36-37-53-56-42-64-59(41-61(56)79(13,14)60(53)40-52)69-70-55-20-16-18-22-67(55)85-74(70)71-58-39-48(78(10,11)12)29-38-63(58)82-65-43-57-54-19-15-17-21-66(54)84-68(57)44-62(65)80(72(69)73(71)82)83(64)51-34-27-47(28-35-51)77(7,8)9/h15-44H,1-14H3. The number of rotatable bonds is 4. The Kier molecular flexibility index (Phi) is 10.5. The first-order valence-electron chi connectivity index (χ1n) is 30.6. The van der Waals surface area contributed by atoms with Crippen molar-refractivity contribution in [2.75, 3.05) is 9.71 Å². The quantitative estimate of drug-likeness (QED) is 0.165. The third kappa shape index (κ3) is 7.42. The van der Waals surface area contributed by atoms with Crippen molar-refractivity contribution in [1.82, 2.24) is 4.57 Å². The number of hydrogen-bond donors (Lipinski definition) is 0. The summed E-state index contributed by atoms with van der Waals surface area (Å²) in [5, 5.41) is 6.89. The molecule has 1 aliphatic carbocycles. The van der Waals surface area contributed by atoms with Crippen molar-refractivity contribution in [1.29, 1.82) is 0 Å². The molecule has 0 spiro atoms. The van der Waals surface area contributed by atoms with Crippen LogP contribution in [0.1, 0.15) is 130 Å². The number of fused-ring (bicyclic) bond motifs is 19. The van der Waals surface area contributed by atoms with Crippen LogP contribution < -0.4 is 20.6 Å². The molecule has 0 saturated carbocycles. The number of nitrogens with zero attached hydrogens (tertiary/aromatic N) is 3. The molecule has 0 radical (unpaired) electrons. The monoisotopic (exact) mass is 1110 g/mol. The van der Waals surface area contributed by atoms with Crippen LogP contribution in [0.2, 0.25) is 0 Å². The second kappa shape index (κ2) is 17.2. The van der Waals surface area contributed by atoms with Gasteiger partial charge in [-0.15, -0.1) is 0 Å². The molecule has 0 saturated heterocycles. The highest BCUT2D eigenvalue weighted by Gasteiger charge is 2.48. The van der Waals surface area contributed by atoms with Crippen LogP contribution in [0.3, 0.4) is 0 Å². The lowest BCUT2D eigenvalue weighted by Gasteiger charge is -2.42. The maximum Gasteiger partial charge on any atom is 0.333 e. The molecular formula is C79H72BN3O2. The second-order valence-corrected chi connectivity index (χ2v) is 29.4. The molecule has 13 aromatic rings. The van der Waals surface area contributed by atoms with Gasteiger partial charge in [-0.2, -0.15) is 0 Å². The van der Waals surface area contributed by atoms with Crippen molar-refractivity contribution in [3.8, 4) is 27.9 Å². The highest BCUT2D eigenvalue weighted by molar-refractivity contribution is 6.94. The molecule has 0 atom stereocenters. The Labute approximate surface area is 499 Å². The summed E-state index contributed by atoms with van der Waals surface area (Å²) in [7, 11) is 0. The zero-order chi connectivity index (χ0) is 58.8. The van der Waals surface area contributed by atoms with Gasteiger partial charge < -0.3 is 23.1 Å². The molecule has 0 amide bonds. The predicted molar refractivity (Wildman–Crippen MR) is 361 cm³/mol. The average molecular weight is 1110 g/mol. The van der Waals surface area contributed by atoms with Crippen molar-refractivity contribution >= 4 is 112 Å². The lowest BCUT2D eigenvalue weighted by atomic mass is 9.43. The Balaban J connectivity index is 1.01. The fourth-order valence-electron chi connectivity index (χ4n) is 14.9. The number of aromatic nitrogens is 1. The molecular weight excluding hydrogens is 1030 g/mol. The largest absolute Gasteiger partial charge is 0.456 e. The highest BCUT2D eigenvalue weighted by atomic mass is 16.3. The van der Waals surface area contributed by atoms with Gasteiger partial charge in [0, 0.05) is 72.0 Å². The van der Waals surface area contributed by atoms with E-state index in [0.29, 0.717) is 0 Å². The fourth-order valence-corrected chi connectivity index (χ4v) is 14.9. The van der Waals surface area contributed by atoms with E-state index in [1.165, 1.54) is 94.1 Å². The van der Waals surface area contributed by atoms with E-state index in [1.54, 1.807) is 0 Å². The molecule has 0 bridgehead atoms. The molecule has 0 unspecified atom stereocenters. The van der Waals surface area contributed by atoms with Crippen molar-refractivity contribution in [3.05, 3.63) is 215 Å². The van der Waals surface area contributed by atoms with Crippen molar-refractivity contribution in [2.45, 2.75) is 124 Å². The van der Waals surface area contributed by atoms with Crippen LogP contribution >= 0.6 is 0 Å². The maximum absolute atomic E-state index is 7.41. The molecule has 2 aliphatic heterocycles. The number of furan rings is 2. The summed E-state index contributed by atoms with van der Waals surface area (Å²) < 4.78 is 16.9. The van der Waals surface area contributed by atoms with Crippen molar-refractivity contribution in [3.63, 3.8) is 0 Å². The summed E-state index contributed by atoms with van der Waals surface area (Å²) >= 11 is 0. The normalized spacial score (nSPS) is 14.5. The minimum Gasteiger partial charge on any atom is -0.456 e.